The van der Waals surface area contributed by atoms with E-state index in [1.54, 1.807) is 7.11 Å². The summed E-state index contributed by atoms with van der Waals surface area (Å²) < 4.78 is 5.64. The summed E-state index contributed by atoms with van der Waals surface area (Å²) in [6.07, 6.45) is 14.2. The van der Waals surface area contributed by atoms with Gasteiger partial charge in [-0.25, -0.2) is 0 Å². The molecule has 38 heavy (non-hydrogen) atoms. The van der Waals surface area contributed by atoms with Gasteiger partial charge in [0.15, 0.2) is 0 Å². The van der Waals surface area contributed by atoms with Gasteiger partial charge in [0.25, 0.3) is 5.91 Å². The molecule has 1 N–H and O–H groups in total. The lowest BCUT2D eigenvalue weighted by atomic mass is 9.87. The zero-order valence-corrected chi connectivity index (χ0v) is 23.1. The Kier molecular flexibility index (Phi) is 9.18. The molecule has 2 aromatic carbocycles. The number of amides is 1. The van der Waals surface area contributed by atoms with Crippen molar-refractivity contribution in [1.29, 1.82) is 0 Å². The number of methoxy groups -OCH3 is 1. The number of piperidine rings is 1. The van der Waals surface area contributed by atoms with Crippen LogP contribution in [0.3, 0.4) is 0 Å². The van der Waals surface area contributed by atoms with Gasteiger partial charge in [-0.3, -0.25) is 14.6 Å². The standard InChI is InChI=1S/C33H45N3O2/c1-3-21-35-22-20-29-13-9-14-30(24-35)36(29)32(27-10-8-15-31(23-27)38-2)25-16-18-26(19-17-25)33(37)34-28-11-6-4-5-7-12-28/h3,8,10,15-19,23,28-30,32H,1,4-7,9,11-14,20-22,24H2,2H3,(H,34,37). The van der Waals surface area contributed by atoms with Gasteiger partial charge in [0, 0.05) is 43.3 Å². The highest BCUT2D eigenvalue weighted by Crippen LogP contribution is 2.40. The van der Waals surface area contributed by atoms with Crippen LogP contribution in [0.4, 0.5) is 0 Å². The fourth-order valence-electron chi connectivity index (χ4n) is 7.01. The lowest BCUT2D eigenvalue weighted by molar-refractivity contribution is 0.0562. The first kappa shape index (κ1) is 27.0. The molecule has 3 atom stereocenters. The van der Waals surface area contributed by atoms with Gasteiger partial charge < -0.3 is 10.1 Å². The van der Waals surface area contributed by atoms with Gasteiger partial charge in [-0.2, -0.15) is 0 Å². The Morgan fingerprint density at radius 3 is 2.47 bits per heavy atom. The van der Waals surface area contributed by atoms with Crippen LogP contribution in [0.2, 0.25) is 0 Å². The number of carbonyl (C=O) groups excluding carboxylic acids is 1. The minimum atomic E-state index is 0.0630. The van der Waals surface area contributed by atoms with Crippen LogP contribution in [0, 0.1) is 0 Å². The number of nitrogens with one attached hydrogen (secondary N) is 1. The van der Waals surface area contributed by atoms with Crippen molar-refractivity contribution >= 4 is 5.91 Å². The lowest BCUT2D eigenvalue weighted by Gasteiger charge is -2.46. The monoisotopic (exact) mass is 515 g/mol. The van der Waals surface area contributed by atoms with Crippen molar-refractivity contribution in [3.8, 4) is 5.75 Å². The molecule has 2 heterocycles. The highest BCUT2D eigenvalue weighted by atomic mass is 16.5. The molecule has 204 valence electrons. The Morgan fingerprint density at radius 1 is 0.974 bits per heavy atom. The Hall–Kier alpha value is -2.63. The maximum Gasteiger partial charge on any atom is 0.251 e. The molecule has 3 aliphatic rings. The highest BCUT2D eigenvalue weighted by molar-refractivity contribution is 5.94. The van der Waals surface area contributed by atoms with Crippen molar-refractivity contribution in [1.82, 2.24) is 15.1 Å². The van der Waals surface area contributed by atoms with Crippen molar-refractivity contribution in [3.05, 3.63) is 77.9 Å². The highest BCUT2D eigenvalue weighted by Gasteiger charge is 2.39. The molecule has 0 spiro atoms. The van der Waals surface area contributed by atoms with Crippen LogP contribution in [0.25, 0.3) is 0 Å². The predicted octanol–water partition coefficient (Wildman–Crippen LogP) is 6.35. The normalized spacial score (nSPS) is 24.1. The number of rotatable bonds is 8. The Labute approximate surface area is 229 Å². The third kappa shape index (κ3) is 6.32. The first-order valence-electron chi connectivity index (χ1n) is 14.8. The van der Waals surface area contributed by atoms with E-state index in [0.717, 1.165) is 43.8 Å². The zero-order chi connectivity index (χ0) is 26.3. The van der Waals surface area contributed by atoms with Crippen molar-refractivity contribution < 1.29 is 9.53 Å². The molecule has 2 bridgehead atoms. The minimum Gasteiger partial charge on any atom is -0.497 e. The van der Waals surface area contributed by atoms with Gasteiger partial charge in [-0.1, -0.05) is 62.4 Å². The number of nitrogens with zero attached hydrogens (tertiary/aromatic N) is 2. The summed E-state index contributed by atoms with van der Waals surface area (Å²) in [5.41, 5.74) is 3.27. The second-order valence-electron chi connectivity index (χ2n) is 11.5. The zero-order valence-electron chi connectivity index (χ0n) is 23.1. The predicted molar refractivity (Wildman–Crippen MR) is 155 cm³/mol. The summed E-state index contributed by atoms with van der Waals surface area (Å²) in [7, 11) is 1.74. The molecule has 5 rings (SSSR count). The van der Waals surface area contributed by atoms with Gasteiger partial charge in [0.05, 0.1) is 13.2 Å². The summed E-state index contributed by atoms with van der Waals surface area (Å²) in [5, 5.41) is 3.31. The second kappa shape index (κ2) is 12.9. The number of benzene rings is 2. The van der Waals surface area contributed by atoms with Crippen LogP contribution >= 0.6 is 0 Å². The third-order valence-electron chi connectivity index (χ3n) is 8.94. The van der Waals surface area contributed by atoms with E-state index in [1.807, 2.05) is 24.3 Å². The molecule has 3 unspecified atom stereocenters. The molecule has 1 aliphatic carbocycles. The molecule has 2 saturated heterocycles. The molecule has 0 radical (unpaired) electrons. The Balaban J connectivity index is 1.44. The molecule has 5 heteroatoms. The average Bonchev–Trinajstić information content (AvgIpc) is 3.25. The smallest absolute Gasteiger partial charge is 0.251 e. The van der Waals surface area contributed by atoms with E-state index < -0.39 is 0 Å². The van der Waals surface area contributed by atoms with E-state index in [0.29, 0.717) is 18.1 Å². The first-order chi connectivity index (χ1) is 18.7. The van der Waals surface area contributed by atoms with Gasteiger partial charge in [-0.05, 0) is 67.5 Å². The summed E-state index contributed by atoms with van der Waals surface area (Å²) in [6, 6.07) is 18.5. The van der Waals surface area contributed by atoms with E-state index in [2.05, 4.69) is 52.0 Å². The van der Waals surface area contributed by atoms with Gasteiger partial charge in [0.1, 0.15) is 5.75 Å². The molecule has 1 saturated carbocycles. The van der Waals surface area contributed by atoms with Gasteiger partial charge in [-0.15, -0.1) is 6.58 Å². The van der Waals surface area contributed by atoms with E-state index in [9.17, 15) is 4.79 Å². The number of hydrogen-bond donors (Lipinski definition) is 1. The number of hydrogen-bond acceptors (Lipinski definition) is 4. The van der Waals surface area contributed by atoms with Crippen LogP contribution in [0.15, 0.2) is 61.2 Å². The van der Waals surface area contributed by atoms with Crippen molar-refractivity contribution in [3.63, 3.8) is 0 Å². The van der Waals surface area contributed by atoms with E-state index in [-0.39, 0.29) is 11.9 Å². The molecular formula is C33H45N3O2. The largest absolute Gasteiger partial charge is 0.497 e. The molecule has 3 fully saturated rings. The fourth-order valence-corrected chi connectivity index (χ4v) is 7.01. The first-order valence-corrected chi connectivity index (χ1v) is 14.8. The summed E-state index contributed by atoms with van der Waals surface area (Å²) in [6.45, 7) is 7.15. The average molecular weight is 516 g/mol. The molecule has 1 amide bonds. The lowest BCUT2D eigenvalue weighted by Crippen LogP contribution is -2.50. The van der Waals surface area contributed by atoms with Crippen LogP contribution in [-0.4, -0.2) is 60.6 Å². The topological polar surface area (TPSA) is 44.8 Å². The van der Waals surface area contributed by atoms with Gasteiger partial charge in [0.2, 0.25) is 0 Å². The molecule has 2 aromatic rings. The van der Waals surface area contributed by atoms with Crippen molar-refractivity contribution in [2.24, 2.45) is 0 Å². The quantitative estimate of drug-likeness (QED) is 0.329. The van der Waals surface area contributed by atoms with Crippen LogP contribution in [0.5, 0.6) is 5.75 Å². The van der Waals surface area contributed by atoms with Crippen molar-refractivity contribution in [2.45, 2.75) is 88.4 Å². The maximum atomic E-state index is 13.1. The minimum absolute atomic E-state index is 0.0630. The van der Waals surface area contributed by atoms with E-state index in [1.165, 1.54) is 62.5 Å². The third-order valence-corrected chi connectivity index (χ3v) is 8.94. The Morgan fingerprint density at radius 2 is 1.74 bits per heavy atom. The number of carbonyl (C=O) groups is 1. The van der Waals surface area contributed by atoms with Crippen LogP contribution < -0.4 is 10.1 Å². The number of fused-ring (bicyclic) bond motifs is 2. The van der Waals surface area contributed by atoms with E-state index in [4.69, 9.17) is 4.74 Å². The molecule has 5 nitrogen and oxygen atoms in total. The van der Waals surface area contributed by atoms with Crippen molar-refractivity contribution in [2.75, 3.05) is 26.7 Å². The summed E-state index contributed by atoms with van der Waals surface area (Å²) in [4.78, 5) is 18.5. The molecular weight excluding hydrogens is 470 g/mol. The van der Waals surface area contributed by atoms with E-state index >= 15 is 0 Å². The summed E-state index contributed by atoms with van der Waals surface area (Å²) in [5.74, 6) is 0.952. The van der Waals surface area contributed by atoms with Crippen LogP contribution in [0.1, 0.15) is 91.7 Å². The SMILES string of the molecule is C=CCN1CCC2CCCC(C1)N2C(c1ccc(C(=O)NC2CCCCCC2)cc1)c1cccc(OC)c1. The van der Waals surface area contributed by atoms with Gasteiger partial charge >= 0.3 is 0 Å². The molecule has 0 aromatic heterocycles. The number of ether oxygens (including phenoxy) is 1. The molecule has 2 aliphatic heterocycles. The fraction of sp³-hybridized carbons (Fsp3) is 0.545. The maximum absolute atomic E-state index is 13.1. The second-order valence-corrected chi connectivity index (χ2v) is 11.5. The summed E-state index contributed by atoms with van der Waals surface area (Å²) >= 11 is 0. The van der Waals surface area contributed by atoms with Crippen LogP contribution in [-0.2, 0) is 0 Å². The Bertz CT molecular complexity index is 1060.